The summed E-state index contributed by atoms with van der Waals surface area (Å²) in [6, 6.07) is 11.8. The van der Waals surface area contributed by atoms with E-state index in [1.54, 1.807) is 7.11 Å². The molecule has 0 radical (unpaired) electrons. The van der Waals surface area contributed by atoms with Crippen LogP contribution in [-0.4, -0.2) is 83.1 Å². The number of fused-ring (bicyclic) bond motifs is 1. The van der Waals surface area contributed by atoms with Gasteiger partial charge in [0, 0.05) is 32.8 Å². The standard InChI is InChI=1S/C25H33N4O8P/c1-16(31)26-20-10-12-28(25(32)27-20)24-23(34-14-13-33-2)22(19(15-30)35-24)37-38-29-11-6-9-18(29)21(36-38)17-7-4-3-5-8-17/h3-5,7-8,10,12,18-19,21-24,30H,6,9,11,13-15H2,1-2H3,(H,26,27,31,32)/t18-,19-,21+,22?,23+,24-,38+/m1/s1. The van der Waals surface area contributed by atoms with Gasteiger partial charge in [-0.1, -0.05) is 30.3 Å². The molecule has 3 aliphatic heterocycles. The molecule has 0 aliphatic carbocycles. The first kappa shape index (κ1) is 27.3. The minimum Gasteiger partial charge on any atom is -0.394 e. The maximum absolute atomic E-state index is 12.9. The molecule has 0 spiro atoms. The second kappa shape index (κ2) is 12.3. The number of anilines is 1. The van der Waals surface area contributed by atoms with Crippen molar-refractivity contribution in [3.8, 4) is 0 Å². The summed E-state index contributed by atoms with van der Waals surface area (Å²) in [6.07, 6.45) is 0.258. The number of methoxy groups -OCH3 is 1. The highest BCUT2D eigenvalue weighted by Crippen LogP contribution is 2.61. The number of carbonyl (C=O) groups is 1. The van der Waals surface area contributed by atoms with Crippen LogP contribution in [-0.2, 0) is 28.1 Å². The molecular formula is C25H33N4O8P. The molecule has 1 unspecified atom stereocenters. The molecular weight excluding hydrogens is 515 g/mol. The van der Waals surface area contributed by atoms with Gasteiger partial charge in [-0.05, 0) is 24.5 Å². The molecule has 2 N–H and O–H groups in total. The van der Waals surface area contributed by atoms with E-state index >= 15 is 0 Å². The largest absolute Gasteiger partial charge is 0.394 e. The lowest BCUT2D eigenvalue weighted by Gasteiger charge is -2.28. The van der Waals surface area contributed by atoms with E-state index < -0.39 is 38.8 Å². The first-order valence-corrected chi connectivity index (χ1v) is 13.8. The van der Waals surface area contributed by atoms with Gasteiger partial charge in [-0.15, -0.1) is 0 Å². The molecule has 1 amide bonds. The van der Waals surface area contributed by atoms with Crippen LogP contribution in [0.3, 0.4) is 0 Å². The van der Waals surface area contributed by atoms with E-state index in [1.807, 2.05) is 18.2 Å². The van der Waals surface area contributed by atoms with Crippen molar-refractivity contribution >= 4 is 20.3 Å². The van der Waals surface area contributed by atoms with Gasteiger partial charge in [0.15, 0.2) is 6.23 Å². The Morgan fingerprint density at radius 3 is 2.76 bits per heavy atom. The minimum absolute atomic E-state index is 0.114. The van der Waals surface area contributed by atoms with Crippen molar-refractivity contribution in [3.05, 3.63) is 58.6 Å². The van der Waals surface area contributed by atoms with E-state index in [-0.39, 0.29) is 37.1 Å². The highest BCUT2D eigenvalue weighted by Gasteiger charge is 2.53. The Morgan fingerprint density at radius 1 is 1.24 bits per heavy atom. The first-order valence-electron chi connectivity index (χ1n) is 12.7. The molecule has 3 fully saturated rings. The van der Waals surface area contributed by atoms with Crippen LogP contribution in [0, 0.1) is 0 Å². The van der Waals surface area contributed by atoms with Crippen molar-refractivity contribution in [1.29, 1.82) is 0 Å². The zero-order valence-electron chi connectivity index (χ0n) is 21.3. The summed E-state index contributed by atoms with van der Waals surface area (Å²) in [7, 11) is 0.101. The second-order valence-corrected chi connectivity index (χ2v) is 10.8. The number of aliphatic hydroxyl groups is 1. The molecule has 206 valence electrons. The summed E-state index contributed by atoms with van der Waals surface area (Å²) in [5.41, 5.74) is 0.465. The Balaban J connectivity index is 1.40. The zero-order valence-corrected chi connectivity index (χ0v) is 22.2. The topological polar surface area (TPSA) is 134 Å². The average Bonchev–Trinajstić information content (AvgIpc) is 3.60. The molecule has 1 aromatic heterocycles. The summed E-state index contributed by atoms with van der Waals surface area (Å²) in [4.78, 5) is 28.2. The van der Waals surface area contributed by atoms with Crippen LogP contribution in [0.2, 0.25) is 0 Å². The fraction of sp³-hybridized carbons (Fsp3) is 0.560. The van der Waals surface area contributed by atoms with E-state index in [1.165, 1.54) is 23.8 Å². The van der Waals surface area contributed by atoms with Crippen molar-refractivity contribution in [2.24, 2.45) is 0 Å². The highest BCUT2D eigenvalue weighted by atomic mass is 31.2. The summed E-state index contributed by atoms with van der Waals surface area (Å²) < 4.78 is 34.0. The number of ether oxygens (including phenoxy) is 3. The number of rotatable bonds is 10. The number of hydrogen-bond donors (Lipinski definition) is 2. The molecule has 12 nitrogen and oxygen atoms in total. The molecule has 5 rings (SSSR count). The second-order valence-electron chi connectivity index (χ2n) is 9.38. The van der Waals surface area contributed by atoms with E-state index in [4.69, 9.17) is 23.3 Å². The molecule has 3 aliphatic rings. The number of aromatic nitrogens is 2. The highest BCUT2D eigenvalue weighted by molar-refractivity contribution is 7.45. The number of aliphatic hydroxyl groups excluding tert-OH is 1. The van der Waals surface area contributed by atoms with Crippen LogP contribution >= 0.6 is 8.53 Å². The molecule has 2 aromatic rings. The minimum atomic E-state index is -1.47. The van der Waals surface area contributed by atoms with Gasteiger partial charge in [-0.3, -0.25) is 9.36 Å². The van der Waals surface area contributed by atoms with E-state index in [9.17, 15) is 14.7 Å². The fourth-order valence-electron chi connectivity index (χ4n) is 5.14. The molecule has 3 saturated heterocycles. The van der Waals surface area contributed by atoms with E-state index in [0.29, 0.717) is 6.61 Å². The van der Waals surface area contributed by atoms with Crippen LogP contribution in [0.25, 0.3) is 0 Å². The third-order valence-corrected chi connectivity index (χ3v) is 8.59. The Hall–Kier alpha value is -2.28. The molecule has 7 atom stereocenters. The van der Waals surface area contributed by atoms with Gasteiger partial charge in [-0.25, -0.2) is 9.46 Å². The lowest BCUT2D eigenvalue weighted by atomic mass is 10.0. The molecule has 4 heterocycles. The van der Waals surface area contributed by atoms with Gasteiger partial charge in [0.1, 0.15) is 30.2 Å². The third kappa shape index (κ3) is 5.68. The van der Waals surface area contributed by atoms with Crippen molar-refractivity contribution < 1.29 is 33.2 Å². The smallest absolute Gasteiger partial charge is 0.351 e. The Bertz CT molecular complexity index is 1150. The van der Waals surface area contributed by atoms with Gasteiger partial charge in [0.2, 0.25) is 5.91 Å². The summed E-state index contributed by atoms with van der Waals surface area (Å²) >= 11 is 0. The maximum Gasteiger partial charge on any atom is 0.351 e. The average molecular weight is 549 g/mol. The van der Waals surface area contributed by atoms with Gasteiger partial charge in [0.25, 0.3) is 8.53 Å². The summed E-state index contributed by atoms with van der Waals surface area (Å²) in [6.45, 7) is 2.39. The number of carbonyl (C=O) groups excluding carboxylic acids is 1. The Kier molecular flexibility index (Phi) is 8.81. The molecule has 1 aromatic carbocycles. The monoisotopic (exact) mass is 548 g/mol. The quantitative estimate of drug-likeness (QED) is 0.335. The predicted octanol–water partition coefficient (Wildman–Crippen LogP) is 1.97. The first-order chi connectivity index (χ1) is 18.5. The van der Waals surface area contributed by atoms with Crippen LogP contribution < -0.4 is 11.0 Å². The molecule has 38 heavy (non-hydrogen) atoms. The van der Waals surface area contributed by atoms with Crippen LogP contribution in [0.1, 0.15) is 37.7 Å². The van der Waals surface area contributed by atoms with Gasteiger partial charge in [-0.2, -0.15) is 4.98 Å². The predicted molar refractivity (Wildman–Crippen MR) is 137 cm³/mol. The molecule has 0 saturated carbocycles. The number of benzene rings is 1. The number of hydrogen-bond acceptors (Lipinski definition) is 10. The Labute approximate surface area is 221 Å². The van der Waals surface area contributed by atoms with Gasteiger partial charge in [0.05, 0.1) is 19.8 Å². The van der Waals surface area contributed by atoms with Crippen LogP contribution in [0.15, 0.2) is 47.4 Å². The van der Waals surface area contributed by atoms with Gasteiger partial charge < -0.3 is 33.7 Å². The lowest BCUT2D eigenvalue weighted by molar-refractivity contribution is -0.114. The van der Waals surface area contributed by atoms with Crippen LogP contribution in [0.4, 0.5) is 5.82 Å². The maximum atomic E-state index is 12.9. The lowest BCUT2D eigenvalue weighted by Crippen LogP contribution is -2.40. The van der Waals surface area contributed by atoms with E-state index in [0.717, 1.165) is 24.9 Å². The van der Waals surface area contributed by atoms with Crippen molar-refractivity contribution in [3.63, 3.8) is 0 Å². The number of nitrogens with zero attached hydrogens (tertiary/aromatic N) is 3. The normalized spacial score (nSPS) is 31.0. The zero-order chi connectivity index (χ0) is 26.6. The molecule has 13 heteroatoms. The summed E-state index contributed by atoms with van der Waals surface area (Å²) in [5.74, 6) is -0.204. The van der Waals surface area contributed by atoms with Crippen molar-refractivity contribution in [1.82, 2.24) is 14.2 Å². The molecule has 0 bridgehead atoms. The van der Waals surface area contributed by atoms with Gasteiger partial charge >= 0.3 is 5.69 Å². The SMILES string of the molecule is COCCO[C@H]1C(O[P@]2O[C@@H](c3ccccc3)[C@H]3CCCN32)[C@@H](CO)O[C@H]1n1ccc(NC(C)=O)nc1=O. The number of amides is 1. The number of nitrogens with one attached hydrogen (secondary N) is 1. The summed E-state index contributed by atoms with van der Waals surface area (Å²) in [5, 5.41) is 12.7. The van der Waals surface area contributed by atoms with Crippen molar-refractivity contribution in [2.45, 2.75) is 56.5 Å². The van der Waals surface area contributed by atoms with Crippen molar-refractivity contribution in [2.75, 3.05) is 38.8 Å². The van der Waals surface area contributed by atoms with Crippen LogP contribution in [0.5, 0.6) is 0 Å². The third-order valence-electron chi connectivity index (χ3n) is 6.84. The van der Waals surface area contributed by atoms with E-state index in [2.05, 4.69) is 27.1 Å². The Morgan fingerprint density at radius 2 is 2.05 bits per heavy atom. The fourth-order valence-corrected chi connectivity index (χ4v) is 7.13.